The minimum Gasteiger partial charge on any atom is -0.486 e. The molecule has 1 aromatic heterocycles. The lowest BCUT2D eigenvalue weighted by Gasteiger charge is -2.38. The Morgan fingerprint density at radius 1 is 1.10 bits per heavy atom. The van der Waals surface area contributed by atoms with Gasteiger partial charge in [-0.15, -0.1) is 0 Å². The largest absolute Gasteiger partial charge is 0.486 e. The quantitative estimate of drug-likeness (QED) is 0.271. The van der Waals surface area contributed by atoms with Crippen LogP contribution in [0.15, 0.2) is 43.2 Å². The van der Waals surface area contributed by atoms with Gasteiger partial charge < -0.3 is 24.4 Å². The number of piperidine rings is 1. The Balaban J connectivity index is 1.34. The summed E-state index contributed by atoms with van der Waals surface area (Å²) < 4.78 is 33.2. The lowest BCUT2D eigenvalue weighted by Crippen LogP contribution is -2.48. The summed E-state index contributed by atoms with van der Waals surface area (Å²) in [5.74, 6) is 0.767. The molecule has 0 saturated carbocycles. The van der Waals surface area contributed by atoms with Gasteiger partial charge >= 0.3 is 0 Å². The molecule has 1 amide bonds. The van der Waals surface area contributed by atoms with Gasteiger partial charge in [0.15, 0.2) is 17.3 Å². The van der Waals surface area contributed by atoms with Gasteiger partial charge in [0.1, 0.15) is 24.4 Å². The Morgan fingerprint density at radius 2 is 1.85 bits per heavy atom. The van der Waals surface area contributed by atoms with Crippen LogP contribution in [0.4, 0.5) is 15.9 Å². The maximum Gasteiger partial charge on any atom is 0.246 e. The number of hydrogen-bond donors (Lipinski definition) is 1. The predicted molar refractivity (Wildman–Crippen MR) is 147 cm³/mol. The summed E-state index contributed by atoms with van der Waals surface area (Å²) in [6.45, 7) is 4.79. The molecule has 3 unspecified atom stereocenters. The molecular formula is C28H27Cl2FN4O4. The first-order valence-corrected chi connectivity index (χ1v) is 13.7. The molecule has 3 aliphatic heterocycles. The number of amides is 1. The van der Waals surface area contributed by atoms with Gasteiger partial charge in [-0.2, -0.15) is 0 Å². The van der Waals surface area contributed by atoms with E-state index in [1.165, 1.54) is 24.5 Å². The number of ether oxygens (including phenoxy) is 3. The van der Waals surface area contributed by atoms with Crippen molar-refractivity contribution in [3.8, 4) is 11.5 Å². The van der Waals surface area contributed by atoms with Crippen LogP contribution in [0, 0.1) is 5.82 Å². The minimum atomic E-state index is -0.676. The average Bonchev–Trinajstić information content (AvgIpc) is 3.54. The zero-order valence-corrected chi connectivity index (χ0v) is 22.6. The second-order valence-electron chi connectivity index (χ2n) is 10.0. The molecule has 0 spiro atoms. The van der Waals surface area contributed by atoms with Crippen LogP contribution >= 0.6 is 23.2 Å². The van der Waals surface area contributed by atoms with E-state index in [0.717, 1.165) is 19.3 Å². The molecule has 8 nitrogen and oxygen atoms in total. The molecule has 3 aromatic rings. The molecule has 1 N–H and O–H groups in total. The Kier molecular flexibility index (Phi) is 7.22. The van der Waals surface area contributed by atoms with E-state index in [4.69, 9.17) is 37.4 Å². The van der Waals surface area contributed by atoms with Gasteiger partial charge in [-0.05, 0) is 37.1 Å². The first-order valence-electron chi connectivity index (χ1n) is 13.0. The molecule has 0 radical (unpaired) electrons. The standard InChI is InChI=1S/C28H27Cl2FN4O4/c1-2-25(36)35-15-3-4-16(35)10-18(9-15)39-23-11-19-22(12-24(23)38-17-7-8-37-13-17)32-14-33-28(19)34-21-6-5-20(29)26(30)27(21)31/h2,5-6,11-12,14-18H,1,3-4,7-10,13H2,(H,32,33,34)/t15-,16?,17?,18?/m1/s1. The smallest absolute Gasteiger partial charge is 0.246 e. The SMILES string of the molecule is C=CC(=O)N1C2CC[C@@H]1CC(Oc1cc3c(Nc4ccc(Cl)c(Cl)c4F)ncnc3cc1OC1CCOC1)C2. The fraction of sp³-hybridized carbons (Fsp3) is 0.393. The summed E-state index contributed by atoms with van der Waals surface area (Å²) in [7, 11) is 0. The lowest BCUT2D eigenvalue weighted by molar-refractivity contribution is -0.131. The van der Waals surface area contributed by atoms with Crippen LogP contribution in [0.25, 0.3) is 10.9 Å². The van der Waals surface area contributed by atoms with Gasteiger partial charge in [-0.1, -0.05) is 29.8 Å². The number of halogens is 3. The van der Waals surface area contributed by atoms with E-state index in [0.29, 0.717) is 54.3 Å². The summed E-state index contributed by atoms with van der Waals surface area (Å²) in [6, 6.07) is 6.88. The van der Waals surface area contributed by atoms with Crippen LogP contribution in [0.2, 0.25) is 10.0 Å². The number of anilines is 2. The Hall–Kier alpha value is -3.14. The zero-order valence-electron chi connectivity index (χ0n) is 21.0. The van der Waals surface area contributed by atoms with E-state index in [1.807, 2.05) is 17.0 Å². The first-order chi connectivity index (χ1) is 18.9. The molecular weight excluding hydrogens is 546 g/mol. The molecule has 39 heavy (non-hydrogen) atoms. The fourth-order valence-corrected chi connectivity index (χ4v) is 6.06. The molecule has 2 aromatic carbocycles. The molecule has 3 aliphatic rings. The Labute approximate surface area is 235 Å². The average molecular weight is 573 g/mol. The van der Waals surface area contributed by atoms with E-state index < -0.39 is 5.82 Å². The van der Waals surface area contributed by atoms with E-state index in [2.05, 4.69) is 21.9 Å². The number of benzene rings is 2. The molecule has 3 saturated heterocycles. The third-order valence-corrected chi connectivity index (χ3v) is 8.36. The van der Waals surface area contributed by atoms with Crippen molar-refractivity contribution in [3.63, 3.8) is 0 Å². The van der Waals surface area contributed by atoms with Crippen molar-refractivity contribution in [2.24, 2.45) is 0 Å². The third kappa shape index (κ3) is 5.11. The summed E-state index contributed by atoms with van der Waals surface area (Å²) in [5.41, 5.74) is 0.729. The second kappa shape index (κ2) is 10.8. The van der Waals surface area contributed by atoms with Gasteiger partial charge in [0.2, 0.25) is 5.91 Å². The molecule has 3 fully saturated rings. The second-order valence-corrected chi connectivity index (χ2v) is 10.8. The van der Waals surface area contributed by atoms with Crippen LogP contribution in [-0.4, -0.2) is 58.3 Å². The number of nitrogens with zero attached hydrogens (tertiary/aromatic N) is 3. The molecule has 6 rings (SSSR count). The normalized spacial score (nSPS) is 24.1. The summed E-state index contributed by atoms with van der Waals surface area (Å²) in [5, 5.41) is 3.59. The fourth-order valence-electron chi connectivity index (χ4n) is 5.75. The Morgan fingerprint density at radius 3 is 2.56 bits per heavy atom. The predicted octanol–water partition coefficient (Wildman–Crippen LogP) is 6.07. The maximum atomic E-state index is 14.8. The zero-order chi connectivity index (χ0) is 27.1. The maximum absolute atomic E-state index is 14.8. The number of carbonyl (C=O) groups excluding carboxylic acids is 1. The summed E-state index contributed by atoms with van der Waals surface area (Å²) in [4.78, 5) is 23.1. The van der Waals surface area contributed by atoms with E-state index in [-0.39, 0.29) is 45.9 Å². The van der Waals surface area contributed by atoms with Gasteiger partial charge in [0, 0.05) is 42.8 Å². The number of rotatable bonds is 7. The first kappa shape index (κ1) is 26.1. The summed E-state index contributed by atoms with van der Waals surface area (Å²) >= 11 is 12.0. The molecule has 4 heterocycles. The van der Waals surface area contributed by atoms with Crippen LogP contribution < -0.4 is 14.8 Å². The monoisotopic (exact) mass is 572 g/mol. The highest BCUT2D eigenvalue weighted by atomic mass is 35.5. The molecule has 2 bridgehead atoms. The van der Waals surface area contributed by atoms with Crippen LogP contribution in [0.3, 0.4) is 0 Å². The third-order valence-electron chi connectivity index (χ3n) is 7.58. The summed E-state index contributed by atoms with van der Waals surface area (Å²) in [6.07, 6.45) is 6.67. The molecule has 204 valence electrons. The van der Waals surface area contributed by atoms with Crippen LogP contribution in [0.1, 0.15) is 32.1 Å². The number of aromatic nitrogens is 2. The number of carbonyl (C=O) groups is 1. The lowest BCUT2D eigenvalue weighted by atomic mass is 9.99. The van der Waals surface area contributed by atoms with Crippen LogP contribution in [0.5, 0.6) is 11.5 Å². The van der Waals surface area contributed by atoms with Crippen molar-refractivity contribution >= 4 is 51.5 Å². The van der Waals surface area contributed by atoms with Crippen molar-refractivity contribution in [1.82, 2.24) is 14.9 Å². The molecule has 11 heteroatoms. The van der Waals surface area contributed by atoms with Gasteiger partial charge in [-0.3, -0.25) is 4.79 Å². The minimum absolute atomic E-state index is 0.0284. The Bertz CT molecular complexity index is 1420. The molecule has 0 aliphatic carbocycles. The topological polar surface area (TPSA) is 85.8 Å². The number of hydrogen-bond acceptors (Lipinski definition) is 7. The van der Waals surface area contributed by atoms with Crippen molar-refractivity contribution < 1.29 is 23.4 Å². The number of fused-ring (bicyclic) bond motifs is 3. The van der Waals surface area contributed by atoms with Crippen molar-refractivity contribution in [2.45, 2.75) is 56.4 Å². The van der Waals surface area contributed by atoms with Crippen molar-refractivity contribution in [3.05, 3.63) is 59.1 Å². The highest BCUT2D eigenvalue weighted by Crippen LogP contribution is 2.42. The molecule has 4 atom stereocenters. The van der Waals surface area contributed by atoms with Crippen molar-refractivity contribution in [2.75, 3.05) is 18.5 Å². The van der Waals surface area contributed by atoms with E-state index in [9.17, 15) is 9.18 Å². The highest BCUT2D eigenvalue weighted by molar-refractivity contribution is 6.42. The van der Waals surface area contributed by atoms with Gasteiger partial charge in [0.25, 0.3) is 0 Å². The van der Waals surface area contributed by atoms with Gasteiger partial charge in [-0.25, -0.2) is 14.4 Å². The number of nitrogens with one attached hydrogen (secondary N) is 1. The van der Waals surface area contributed by atoms with Crippen LogP contribution in [-0.2, 0) is 9.53 Å². The van der Waals surface area contributed by atoms with Gasteiger partial charge in [0.05, 0.1) is 34.5 Å². The highest BCUT2D eigenvalue weighted by Gasteiger charge is 2.43. The van der Waals surface area contributed by atoms with E-state index >= 15 is 0 Å². The van der Waals surface area contributed by atoms with Crippen molar-refractivity contribution in [1.29, 1.82) is 0 Å². The van der Waals surface area contributed by atoms with E-state index in [1.54, 1.807) is 0 Å².